The molecule has 5 nitrogen and oxygen atoms in total. The van der Waals surface area contributed by atoms with E-state index in [0.29, 0.717) is 13.0 Å². The molecular formula is C17H30N2O3. The number of carbonyl (C=O) groups excluding carboxylic acids is 2. The van der Waals surface area contributed by atoms with Crippen molar-refractivity contribution in [3.8, 4) is 0 Å². The number of hydrogen-bond donors (Lipinski definition) is 2. The van der Waals surface area contributed by atoms with E-state index in [9.17, 15) is 14.7 Å². The second kappa shape index (κ2) is 7.44. The molecule has 0 aromatic heterocycles. The first kappa shape index (κ1) is 17.3. The Morgan fingerprint density at radius 2 is 2.09 bits per heavy atom. The Balaban J connectivity index is 1.90. The third kappa shape index (κ3) is 3.80. The molecule has 0 aromatic rings. The first-order chi connectivity index (χ1) is 10.5. The monoisotopic (exact) mass is 310 g/mol. The molecule has 22 heavy (non-hydrogen) atoms. The Bertz CT molecular complexity index is 413. The maximum Gasteiger partial charge on any atom is 0.225 e. The van der Waals surface area contributed by atoms with Gasteiger partial charge in [0.1, 0.15) is 0 Å². The van der Waals surface area contributed by atoms with E-state index < -0.39 is 0 Å². The Morgan fingerprint density at radius 3 is 2.77 bits per heavy atom. The fourth-order valence-electron chi connectivity index (χ4n) is 3.75. The number of hydrogen-bond acceptors (Lipinski definition) is 3. The largest absolute Gasteiger partial charge is 0.396 e. The average molecular weight is 310 g/mol. The third-order valence-corrected chi connectivity index (χ3v) is 5.37. The lowest BCUT2D eigenvalue weighted by molar-refractivity contribution is -0.136. The van der Waals surface area contributed by atoms with Crippen LogP contribution in [0.4, 0.5) is 0 Å². The average Bonchev–Trinajstić information content (AvgIpc) is 2.89. The molecule has 2 rings (SSSR count). The maximum absolute atomic E-state index is 12.6. The molecule has 1 heterocycles. The SMILES string of the molecule is CCCC(=O)N1CCCC(C(=O)NC2CCCC2(C)CO)C1. The van der Waals surface area contributed by atoms with E-state index in [0.717, 1.165) is 45.1 Å². The summed E-state index contributed by atoms with van der Waals surface area (Å²) in [6.07, 6.45) is 6.12. The van der Waals surface area contributed by atoms with Crippen molar-refractivity contribution in [1.82, 2.24) is 10.2 Å². The van der Waals surface area contributed by atoms with Crippen molar-refractivity contribution in [2.45, 2.75) is 64.8 Å². The number of likely N-dealkylation sites (tertiary alicyclic amines) is 1. The summed E-state index contributed by atoms with van der Waals surface area (Å²) in [5, 5.41) is 12.7. The predicted molar refractivity (Wildman–Crippen MR) is 85.2 cm³/mol. The minimum atomic E-state index is -0.192. The molecule has 3 atom stereocenters. The number of aliphatic hydroxyl groups is 1. The number of piperidine rings is 1. The minimum Gasteiger partial charge on any atom is -0.396 e. The molecule has 2 amide bonds. The van der Waals surface area contributed by atoms with Crippen molar-refractivity contribution in [1.29, 1.82) is 0 Å². The first-order valence-electron chi connectivity index (χ1n) is 8.69. The van der Waals surface area contributed by atoms with Gasteiger partial charge < -0.3 is 15.3 Å². The van der Waals surface area contributed by atoms with Crippen LogP contribution in [0, 0.1) is 11.3 Å². The zero-order valence-electron chi connectivity index (χ0n) is 13.9. The van der Waals surface area contributed by atoms with E-state index in [1.54, 1.807) is 0 Å². The van der Waals surface area contributed by atoms with Gasteiger partial charge >= 0.3 is 0 Å². The Labute approximate surface area is 133 Å². The number of rotatable bonds is 5. The standard InChI is InChI=1S/C17H30N2O3/c1-3-6-15(21)19-10-5-7-13(11-19)16(22)18-14-8-4-9-17(14,2)12-20/h13-14,20H,3-12H2,1-2H3,(H,18,22). The van der Waals surface area contributed by atoms with Crippen LogP contribution in [0.2, 0.25) is 0 Å². The summed E-state index contributed by atoms with van der Waals surface area (Å²) < 4.78 is 0. The molecule has 3 unspecified atom stereocenters. The van der Waals surface area contributed by atoms with Gasteiger partial charge in [0.05, 0.1) is 12.5 Å². The summed E-state index contributed by atoms with van der Waals surface area (Å²) >= 11 is 0. The first-order valence-corrected chi connectivity index (χ1v) is 8.69. The number of nitrogens with one attached hydrogen (secondary N) is 1. The molecule has 0 spiro atoms. The van der Waals surface area contributed by atoms with Gasteiger partial charge in [-0.05, 0) is 32.1 Å². The molecule has 1 aliphatic heterocycles. The lowest BCUT2D eigenvalue weighted by Crippen LogP contribution is -2.50. The molecule has 5 heteroatoms. The van der Waals surface area contributed by atoms with Gasteiger partial charge in [-0.2, -0.15) is 0 Å². The van der Waals surface area contributed by atoms with Crippen molar-refractivity contribution in [3.63, 3.8) is 0 Å². The van der Waals surface area contributed by atoms with E-state index in [4.69, 9.17) is 0 Å². The van der Waals surface area contributed by atoms with Crippen LogP contribution in [-0.2, 0) is 9.59 Å². The van der Waals surface area contributed by atoms with E-state index in [1.165, 1.54) is 0 Å². The molecule has 1 saturated carbocycles. The quantitative estimate of drug-likeness (QED) is 0.812. The van der Waals surface area contributed by atoms with Crippen molar-refractivity contribution in [3.05, 3.63) is 0 Å². The summed E-state index contributed by atoms with van der Waals surface area (Å²) in [7, 11) is 0. The Hall–Kier alpha value is -1.10. The van der Waals surface area contributed by atoms with Crippen LogP contribution in [0.1, 0.15) is 58.8 Å². The van der Waals surface area contributed by atoms with Crippen molar-refractivity contribution in [2.75, 3.05) is 19.7 Å². The number of carbonyl (C=O) groups is 2. The van der Waals surface area contributed by atoms with E-state index in [1.807, 2.05) is 18.7 Å². The van der Waals surface area contributed by atoms with Gasteiger partial charge in [-0.3, -0.25) is 9.59 Å². The number of nitrogens with zero attached hydrogens (tertiary/aromatic N) is 1. The van der Waals surface area contributed by atoms with Gasteiger partial charge in [0.25, 0.3) is 0 Å². The summed E-state index contributed by atoms with van der Waals surface area (Å²) in [6, 6.07) is 0.0618. The van der Waals surface area contributed by atoms with E-state index >= 15 is 0 Å². The van der Waals surface area contributed by atoms with Gasteiger partial charge in [0, 0.05) is 31.0 Å². The number of aliphatic hydroxyl groups excluding tert-OH is 1. The van der Waals surface area contributed by atoms with Crippen LogP contribution >= 0.6 is 0 Å². The highest BCUT2D eigenvalue weighted by atomic mass is 16.3. The van der Waals surface area contributed by atoms with E-state index in [-0.39, 0.29) is 35.8 Å². The molecule has 1 aliphatic carbocycles. The van der Waals surface area contributed by atoms with Crippen LogP contribution in [-0.4, -0.2) is 47.6 Å². The van der Waals surface area contributed by atoms with Crippen LogP contribution < -0.4 is 5.32 Å². The van der Waals surface area contributed by atoms with Crippen molar-refractivity contribution < 1.29 is 14.7 Å². The Kier molecular flexibility index (Phi) is 5.84. The highest BCUT2D eigenvalue weighted by molar-refractivity contribution is 5.81. The molecule has 0 radical (unpaired) electrons. The van der Waals surface area contributed by atoms with Crippen molar-refractivity contribution >= 4 is 11.8 Å². The van der Waals surface area contributed by atoms with Crippen LogP contribution in [0.25, 0.3) is 0 Å². The predicted octanol–water partition coefficient (Wildman–Crippen LogP) is 1.69. The lowest BCUT2D eigenvalue weighted by atomic mass is 9.85. The minimum absolute atomic E-state index is 0.0561. The molecular weight excluding hydrogens is 280 g/mol. The van der Waals surface area contributed by atoms with Crippen molar-refractivity contribution in [2.24, 2.45) is 11.3 Å². The highest BCUT2D eigenvalue weighted by Gasteiger charge is 2.40. The smallest absolute Gasteiger partial charge is 0.225 e. The van der Waals surface area contributed by atoms with Crippen LogP contribution in [0.15, 0.2) is 0 Å². The van der Waals surface area contributed by atoms with Gasteiger partial charge in [-0.15, -0.1) is 0 Å². The highest BCUT2D eigenvalue weighted by Crippen LogP contribution is 2.37. The lowest BCUT2D eigenvalue weighted by Gasteiger charge is -2.35. The zero-order chi connectivity index (χ0) is 16.2. The Morgan fingerprint density at radius 1 is 1.32 bits per heavy atom. The zero-order valence-corrected chi connectivity index (χ0v) is 13.9. The normalized spacial score (nSPS) is 32.0. The molecule has 126 valence electrons. The molecule has 0 bridgehead atoms. The fourth-order valence-corrected chi connectivity index (χ4v) is 3.75. The van der Waals surface area contributed by atoms with Crippen LogP contribution in [0.3, 0.4) is 0 Å². The van der Waals surface area contributed by atoms with Crippen LogP contribution in [0.5, 0.6) is 0 Å². The van der Waals surface area contributed by atoms with E-state index in [2.05, 4.69) is 5.32 Å². The van der Waals surface area contributed by atoms with Gasteiger partial charge in [-0.1, -0.05) is 20.3 Å². The second-order valence-corrected chi connectivity index (χ2v) is 7.19. The maximum atomic E-state index is 12.6. The van der Waals surface area contributed by atoms with Gasteiger partial charge in [0.15, 0.2) is 0 Å². The molecule has 2 fully saturated rings. The molecule has 2 N–H and O–H groups in total. The summed E-state index contributed by atoms with van der Waals surface area (Å²) in [5.41, 5.74) is -0.192. The third-order valence-electron chi connectivity index (χ3n) is 5.37. The molecule has 2 aliphatic rings. The fraction of sp³-hybridized carbons (Fsp3) is 0.882. The summed E-state index contributed by atoms with van der Waals surface area (Å²) in [6.45, 7) is 5.49. The van der Waals surface area contributed by atoms with Gasteiger partial charge in [-0.25, -0.2) is 0 Å². The molecule has 0 aromatic carbocycles. The topological polar surface area (TPSA) is 69.6 Å². The van der Waals surface area contributed by atoms with Gasteiger partial charge in [0.2, 0.25) is 11.8 Å². The summed E-state index contributed by atoms with van der Waals surface area (Å²) in [4.78, 5) is 26.4. The second-order valence-electron chi connectivity index (χ2n) is 7.19. The molecule has 1 saturated heterocycles. The number of amides is 2. The summed E-state index contributed by atoms with van der Waals surface area (Å²) in [5.74, 6) is 0.125.